The molecule has 2 aromatic heterocycles. The van der Waals surface area contributed by atoms with Crippen LogP contribution in [0, 0.1) is 36.3 Å². The average Bonchev–Trinajstić information content (AvgIpc) is 3.25. The molecule has 0 saturated carbocycles. The van der Waals surface area contributed by atoms with Gasteiger partial charge < -0.3 is 15.0 Å². The highest BCUT2D eigenvalue weighted by Crippen LogP contribution is 2.38. The van der Waals surface area contributed by atoms with Crippen molar-refractivity contribution in [3.63, 3.8) is 0 Å². The normalized spacial score (nSPS) is 18.9. The van der Waals surface area contributed by atoms with Gasteiger partial charge in [-0.25, -0.2) is 13.8 Å². The summed E-state index contributed by atoms with van der Waals surface area (Å²) in [5.74, 6) is 4.21. The van der Waals surface area contributed by atoms with Crippen LogP contribution in [0.2, 0.25) is 0 Å². The van der Waals surface area contributed by atoms with Crippen LogP contribution in [0.25, 0.3) is 32.9 Å². The molecule has 2 fully saturated rings. The zero-order valence-electron chi connectivity index (χ0n) is 19.5. The van der Waals surface area contributed by atoms with E-state index in [1.54, 1.807) is 24.3 Å². The zero-order chi connectivity index (χ0) is 25.0. The van der Waals surface area contributed by atoms with Crippen LogP contribution in [0.15, 0.2) is 30.3 Å². The highest BCUT2D eigenvalue weighted by Gasteiger charge is 2.35. The molecular weight excluding hydrogens is 460 g/mol. The average molecular weight is 482 g/mol. The van der Waals surface area contributed by atoms with Crippen molar-refractivity contribution in [3.8, 4) is 42.0 Å². The first kappa shape index (κ1) is 22.2. The molecule has 0 spiro atoms. The first-order chi connectivity index (χ1) is 17.5. The van der Waals surface area contributed by atoms with Crippen LogP contribution < -0.4 is 15.0 Å². The summed E-state index contributed by atoms with van der Waals surface area (Å²) in [6.07, 6.45) is 13.7. The first-order valence-corrected chi connectivity index (χ1v) is 11.6. The molecule has 0 radical (unpaired) electrons. The van der Waals surface area contributed by atoms with E-state index in [1.165, 1.54) is 13.2 Å². The summed E-state index contributed by atoms with van der Waals surface area (Å²) >= 11 is 0. The lowest BCUT2D eigenvalue weighted by molar-refractivity contribution is 0.380. The number of fused-ring (bicyclic) bond motifs is 4. The molecule has 4 heterocycles. The standard InChI is InChI=1S/C28H21F2N5O/c1-4-18-20(29)12-9-15-7-6-8-19(22(15)18)25-24(30)26-23(21(5-2)32-25)27(34-28(33-26)36-3)35-13-16-10-11-17(14-35)31-16/h1-2,6-9,12,16-17,31H,10-11,13-14H2,3H3. The van der Waals surface area contributed by atoms with Crippen LogP contribution in [-0.2, 0) is 0 Å². The summed E-state index contributed by atoms with van der Waals surface area (Å²) in [6.45, 7) is 1.40. The van der Waals surface area contributed by atoms with E-state index in [9.17, 15) is 4.39 Å². The van der Waals surface area contributed by atoms with Gasteiger partial charge in [0.15, 0.2) is 5.82 Å². The van der Waals surface area contributed by atoms with Crippen LogP contribution in [0.1, 0.15) is 24.1 Å². The van der Waals surface area contributed by atoms with E-state index in [0.29, 0.717) is 52.7 Å². The largest absolute Gasteiger partial charge is 0.467 e. The Morgan fingerprint density at radius 1 is 1.00 bits per heavy atom. The number of hydrogen-bond donors (Lipinski definition) is 1. The van der Waals surface area contributed by atoms with Gasteiger partial charge in [-0.15, -0.1) is 12.8 Å². The number of methoxy groups -OCH3 is 1. The Balaban J connectivity index is 1.65. The fourth-order valence-corrected chi connectivity index (χ4v) is 5.40. The van der Waals surface area contributed by atoms with Crippen molar-refractivity contribution in [3.05, 3.63) is 53.2 Å². The Kier molecular flexibility index (Phi) is 5.21. The number of ether oxygens (including phenoxy) is 1. The van der Waals surface area contributed by atoms with Gasteiger partial charge in [0.1, 0.15) is 28.5 Å². The van der Waals surface area contributed by atoms with Crippen molar-refractivity contribution in [2.24, 2.45) is 0 Å². The summed E-state index contributed by atoms with van der Waals surface area (Å²) in [5.41, 5.74) is 0.492. The molecule has 2 bridgehead atoms. The van der Waals surface area contributed by atoms with E-state index in [2.05, 4.69) is 37.0 Å². The van der Waals surface area contributed by atoms with Gasteiger partial charge in [-0.2, -0.15) is 9.97 Å². The lowest BCUT2D eigenvalue weighted by Gasteiger charge is -2.34. The van der Waals surface area contributed by atoms with Gasteiger partial charge in [-0.3, -0.25) is 0 Å². The summed E-state index contributed by atoms with van der Waals surface area (Å²) in [4.78, 5) is 15.5. The van der Waals surface area contributed by atoms with E-state index in [1.807, 2.05) is 0 Å². The number of halogens is 2. The van der Waals surface area contributed by atoms with Crippen LogP contribution in [0.4, 0.5) is 14.6 Å². The Bertz CT molecular complexity index is 1630. The number of piperazine rings is 1. The van der Waals surface area contributed by atoms with Gasteiger partial charge in [0.2, 0.25) is 0 Å². The summed E-state index contributed by atoms with van der Waals surface area (Å²) in [7, 11) is 1.43. The van der Waals surface area contributed by atoms with Gasteiger partial charge in [0.25, 0.3) is 0 Å². The van der Waals surface area contributed by atoms with Crippen molar-refractivity contribution in [2.45, 2.75) is 24.9 Å². The Morgan fingerprint density at radius 2 is 1.78 bits per heavy atom. The number of hydrogen-bond acceptors (Lipinski definition) is 6. The number of terminal acetylenes is 2. The second-order valence-electron chi connectivity index (χ2n) is 9.04. The van der Waals surface area contributed by atoms with Crippen LogP contribution in [0.3, 0.4) is 0 Å². The molecule has 2 aliphatic rings. The van der Waals surface area contributed by atoms with E-state index < -0.39 is 11.6 Å². The topological polar surface area (TPSA) is 63.2 Å². The number of nitrogens with zero attached hydrogens (tertiary/aromatic N) is 4. The molecule has 0 aliphatic carbocycles. The maximum Gasteiger partial charge on any atom is 0.318 e. The third-order valence-electron chi connectivity index (χ3n) is 6.98. The van der Waals surface area contributed by atoms with E-state index in [-0.39, 0.29) is 28.5 Å². The molecule has 8 heteroatoms. The lowest BCUT2D eigenvalue weighted by Crippen LogP contribution is -2.51. The molecule has 6 nitrogen and oxygen atoms in total. The lowest BCUT2D eigenvalue weighted by atomic mass is 9.96. The van der Waals surface area contributed by atoms with Crippen molar-refractivity contribution in [2.75, 3.05) is 25.1 Å². The van der Waals surface area contributed by atoms with Crippen LogP contribution in [-0.4, -0.2) is 47.2 Å². The van der Waals surface area contributed by atoms with Gasteiger partial charge in [0, 0.05) is 36.1 Å². The van der Waals surface area contributed by atoms with Crippen molar-refractivity contribution < 1.29 is 13.5 Å². The minimum absolute atomic E-state index is 0.00339. The number of rotatable bonds is 3. The molecule has 2 aliphatic heterocycles. The molecule has 2 atom stereocenters. The molecule has 4 aromatic rings. The molecule has 178 valence electrons. The third-order valence-corrected chi connectivity index (χ3v) is 6.98. The second kappa shape index (κ2) is 8.44. The number of aromatic nitrogens is 3. The smallest absolute Gasteiger partial charge is 0.318 e. The van der Waals surface area contributed by atoms with E-state index >= 15 is 4.39 Å². The second-order valence-corrected chi connectivity index (χ2v) is 9.04. The first-order valence-electron chi connectivity index (χ1n) is 11.6. The predicted molar refractivity (Wildman–Crippen MR) is 135 cm³/mol. The molecule has 1 N–H and O–H groups in total. The number of nitrogens with one attached hydrogen (secondary N) is 1. The number of pyridine rings is 1. The molecule has 6 rings (SSSR count). The highest BCUT2D eigenvalue weighted by molar-refractivity contribution is 6.03. The summed E-state index contributed by atoms with van der Waals surface area (Å²) in [5, 5.41) is 4.97. The van der Waals surface area contributed by atoms with Crippen LogP contribution >= 0.6 is 0 Å². The fraction of sp³-hybridized carbons (Fsp3) is 0.250. The Morgan fingerprint density at radius 3 is 2.47 bits per heavy atom. The van der Waals surface area contributed by atoms with E-state index in [0.717, 1.165) is 12.8 Å². The monoisotopic (exact) mass is 481 g/mol. The zero-order valence-corrected chi connectivity index (χ0v) is 19.5. The molecular formula is C28H21F2N5O. The number of anilines is 1. The maximum atomic E-state index is 16.3. The fourth-order valence-electron chi connectivity index (χ4n) is 5.40. The number of benzene rings is 2. The van der Waals surface area contributed by atoms with Gasteiger partial charge in [-0.1, -0.05) is 30.2 Å². The van der Waals surface area contributed by atoms with Gasteiger partial charge >= 0.3 is 6.01 Å². The van der Waals surface area contributed by atoms with E-state index in [4.69, 9.17) is 17.6 Å². The predicted octanol–water partition coefficient (Wildman–Crippen LogP) is 4.04. The molecule has 0 amide bonds. The van der Waals surface area contributed by atoms with Crippen molar-refractivity contribution in [1.29, 1.82) is 0 Å². The SMILES string of the molecule is C#Cc1c(F)ccc2cccc(-c3nc(C#C)c4c(N5CC6CCC(C5)N6)nc(OC)nc4c3F)c12. The summed E-state index contributed by atoms with van der Waals surface area (Å²) < 4.78 is 36.3. The maximum absolute atomic E-state index is 16.3. The van der Waals surface area contributed by atoms with Crippen molar-refractivity contribution in [1.82, 2.24) is 20.3 Å². The Hall–Kier alpha value is -4.27. The highest BCUT2D eigenvalue weighted by atomic mass is 19.1. The Labute approximate surface area is 206 Å². The van der Waals surface area contributed by atoms with Gasteiger partial charge in [-0.05, 0) is 30.2 Å². The van der Waals surface area contributed by atoms with Gasteiger partial charge in [0.05, 0.1) is 18.1 Å². The summed E-state index contributed by atoms with van der Waals surface area (Å²) in [6, 6.07) is 8.71. The molecule has 2 saturated heterocycles. The molecule has 36 heavy (non-hydrogen) atoms. The molecule has 2 aromatic carbocycles. The minimum Gasteiger partial charge on any atom is -0.467 e. The van der Waals surface area contributed by atoms with Crippen molar-refractivity contribution >= 4 is 27.5 Å². The quantitative estimate of drug-likeness (QED) is 0.446. The molecule has 2 unspecified atom stereocenters. The third kappa shape index (κ3) is 3.34. The minimum atomic E-state index is -0.705. The van der Waals surface area contributed by atoms with Crippen LogP contribution in [0.5, 0.6) is 6.01 Å².